The smallest absolute Gasteiger partial charge is 0.343 e. The third-order valence-electron chi connectivity index (χ3n) is 5.46. The van der Waals surface area contributed by atoms with Crippen molar-refractivity contribution in [1.29, 1.82) is 0 Å². The Bertz CT molecular complexity index is 1510. The number of anilines is 1. The van der Waals surface area contributed by atoms with Gasteiger partial charge >= 0.3 is 5.97 Å². The number of methoxy groups -OCH3 is 1. The Kier molecular flexibility index (Phi) is 8.25. The van der Waals surface area contributed by atoms with E-state index >= 15 is 0 Å². The van der Waals surface area contributed by atoms with E-state index in [2.05, 4.69) is 15.8 Å². The van der Waals surface area contributed by atoms with Gasteiger partial charge < -0.3 is 14.8 Å². The summed E-state index contributed by atoms with van der Waals surface area (Å²) in [6.07, 6.45) is 1.39. The predicted octanol–water partition coefficient (Wildman–Crippen LogP) is 5.24. The van der Waals surface area contributed by atoms with Gasteiger partial charge in [-0.3, -0.25) is 9.59 Å². The number of benzene rings is 4. The summed E-state index contributed by atoms with van der Waals surface area (Å²) in [7, 11) is 1.53. The molecule has 8 nitrogen and oxygen atoms in total. The lowest BCUT2D eigenvalue weighted by Gasteiger charge is -2.09. The van der Waals surface area contributed by atoms with Gasteiger partial charge in [-0.1, -0.05) is 42.0 Å². The first-order valence-electron chi connectivity index (χ1n) is 11.7. The molecule has 0 aliphatic rings. The number of carbonyl (C=O) groups is 3. The van der Waals surface area contributed by atoms with Crippen LogP contribution in [0.5, 0.6) is 11.5 Å². The van der Waals surface area contributed by atoms with Crippen LogP contribution >= 0.6 is 0 Å². The highest BCUT2D eigenvalue weighted by atomic mass is 16.5. The van der Waals surface area contributed by atoms with Gasteiger partial charge in [0.1, 0.15) is 11.5 Å². The summed E-state index contributed by atoms with van der Waals surface area (Å²) in [6.45, 7) is 1.89. The van der Waals surface area contributed by atoms with Crippen molar-refractivity contribution < 1.29 is 23.9 Å². The molecule has 0 radical (unpaired) electrons. The average Bonchev–Trinajstić information content (AvgIpc) is 2.94. The molecule has 4 aromatic carbocycles. The summed E-state index contributed by atoms with van der Waals surface area (Å²) in [6, 6.07) is 27.2. The maximum atomic E-state index is 12.7. The Hall–Kier alpha value is -5.24. The number of hydrazone groups is 1. The molecule has 38 heavy (non-hydrogen) atoms. The summed E-state index contributed by atoms with van der Waals surface area (Å²) >= 11 is 0. The van der Waals surface area contributed by atoms with Crippen molar-refractivity contribution in [1.82, 2.24) is 5.43 Å². The summed E-state index contributed by atoms with van der Waals surface area (Å²) in [5, 5.41) is 6.78. The Morgan fingerprint density at radius 2 is 1.47 bits per heavy atom. The monoisotopic (exact) mass is 507 g/mol. The molecule has 4 rings (SSSR count). The van der Waals surface area contributed by atoms with Crippen LogP contribution in [0.3, 0.4) is 0 Å². The molecular weight excluding hydrogens is 482 g/mol. The molecule has 0 aliphatic heterocycles. The molecule has 190 valence electrons. The zero-order valence-electron chi connectivity index (χ0n) is 20.8. The van der Waals surface area contributed by atoms with Crippen LogP contribution in [0.25, 0.3) is 0 Å². The number of hydrogen-bond acceptors (Lipinski definition) is 6. The minimum atomic E-state index is -0.494. The lowest BCUT2D eigenvalue weighted by Crippen LogP contribution is -2.18. The fourth-order valence-electron chi connectivity index (χ4n) is 3.54. The van der Waals surface area contributed by atoms with E-state index in [0.29, 0.717) is 39.4 Å². The molecule has 8 heteroatoms. The molecule has 0 heterocycles. The molecule has 0 fully saturated rings. The molecule has 2 amide bonds. The molecule has 0 spiro atoms. The maximum absolute atomic E-state index is 12.7. The standard InChI is InChI=1S/C30H25N3O5/c1-20-8-5-12-23(16-20)30(36)38-27-15-4-3-9-24(27)19-31-33-29(35)21-10-6-13-25(17-21)32-28(34)22-11-7-14-26(18-22)37-2/h3-19H,1-2H3,(H,32,34)(H,33,35). The van der Waals surface area contributed by atoms with E-state index in [1.807, 2.05) is 13.0 Å². The molecule has 0 saturated heterocycles. The minimum absolute atomic E-state index is 0.296. The summed E-state index contributed by atoms with van der Waals surface area (Å²) < 4.78 is 10.7. The number of ether oxygens (including phenoxy) is 2. The molecule has 0 aromatic heterocycles. The molecule has 0 bridgehead atoms. The third-order valence-corrected chi connectivity index (χ3v) is 5.46. The number of nitrogens with one attached hydrogen (secondary N) is 2. The minimum Gasteiger partial charge on any atom is -0.497 e. The number of rotatable bonds is 8. The number of para-hydroxylation sites is 1. The molecule has 4 aromatic rings. The van der Waals surface area contributed by atoms with Gasteiger partial charge in [-0.15, -0.1) is 0 Å². The summed E-state index contributed by atoms with van der Waals surface area (Å²) in [4.78, 5) is 37.8. The molecule has 0 saturated carbocycles. The Labute approximate surface area is 219 Å². The van der Waals surface area contributed by atoms with Crippen molar-refractivity contribution in [3.05, 3.63) is 125 Å². The van der Waals surface area contributed by atoms with Crippen LogP contribution in [0, 0.1) is 6.92 Å². The highest BCUT2D eigenvalue weighted by Gasteiger charge is 2.12. The average molecular weight is 508 g/mol. The zero-order chi connectivity index (χ0) is 26.9. The molecule has 0 atom stereocenters. The largest absolute Gasteiger partial charge is 0.497 e. The normalized spacial score (nSPS) is 10.6. The number of nitrogens with zero attached hydrogens (tertiary/aromatic N) is 1. The highest BCUT2D eigenvalue weighted by Crippen LogP contribution is 2.19. The van der Waals surface area contributed by atoms with Gasteiger partial charge in [0.05, 0.1) is 18.9 Å². The summed E-state index contributed by atoms with van der Waals surface area (Å²) in [5.41, 5.74) is 5.51. The second kappa shape index (κ2) is 12.1. The third kappa shape index (κ3) is 6.70. The van der Waals surface area contributed by atoms with E-state index < -0.39 is 11.9 Å². The van der Waals surface area contributed by atoms with Crippen LogP contribution in [0.2, 0.25) is 0 Å². The SMILES string of the molecule is COc1cccc(C(=O)Nc2cccc(C(=O)NN=Cc3ccccc3OC(=O)c3cccc(C)c3)c2)c1. The number of amides is 2. The van der Waals surface area contributed by atoms with Crippen molar-refractivity contribution in [2.24, 2.45) is 5.10 Å². The molecule has 2 N–H and O–H groups in total. The van der Waals surface area contributed by atoms with E-state index in [0.717, 1.165) is 5.56 Å². The van der Waals surface area contributed by atoms with Crippen molar-refractivity contribution in [2.45, 2.75) is 6.92 Å². The van der Waals surface area contributed by atoms with Crippen LogP contribution in [0.15, 0.2) is 102 Å². The van der Waals surface area contributed by atoms with Crippen LogP contribution in [0.4, 0.5) is 5.69 Å². The van der Waals surface area contributed by atoms with Crippen LogP contribution < -0.4 is 20.2 Å². The lowest BCUT2D eigenvalue weighted by atomic mass is 10.1. The van der Waals surface area contributed by atoms with E-state index in [1.54, 1.807) is 91.0 Å². The molecular formula is C30H25N3O5. The van der Waals surface area contributed by atoms with Gasteiger partial charge in [-0.25, -0.2) is 10.2 Å². The van der Waals surface area contributed by atoms with Crippen molar-refractivity contribution >= 4 is 29.7 Å². The van der Waals surface area contributed by atoms with Crippen molar-refractivity contribution in [3.63, 3.8) is 0 Å². The molecule has 0 unspecified atom stereocenters. The Morgan fingerprint density at radius 1 is 0.763 bits per heavy atom. The van der Waals surface area contributed by atoms with Crippen molar-refractivity contribution in [3.8, 4) is 11.5 Å². The quantitative estimate of drug-likeness (QED) is 0.147. The van der Waals surface area contributed by atoms with Crippen LogP contribution in [-0.4, -0.2) is 31.1 Å². The number of esters is 1. The van der Waals surface area contributed by atoms with Gasteiger partial charge in [0.2, 0.25) is 0 Å². The summed E-state index contributed by atoms with van der Waals surface area (Å²) in [5.74, 6) is -0.440. The lowest BCUT2D eigenvalue weighted by molar-refractivity contribution is 0.0733. The fourth-order valence-corrected chi connectivity index (χ4v) is 3.54. The Morgan fingerprint density at radius 3 is 2.26 bits per heavy atom. The predicted molar refractivity (Wildman–Crippen MR) is 145 cm³/mol. The Balaban J connectivity index is 1.40. The second-order valence-corrected chi connectivity index (χ2v) is 8.26. The van der Waals surface area contributed by atoms with E-state index in [1.165, 1.54) is 13.3 Å². The van der Waals surface area contributed by atoms with Crippen LogP contribution in [-0.2, 0) is 0 Å². The van der Waals surface area contributed by atoms with E-state index in [9.17, 15) is 14.4 Å². The topological polar surface area (TPSA) is 106 Å². The van der Waals surface area contributed by atoms with Gasteiger partial charge in [-0.05, 0) is 67.6 Å². The van der Waals surface area contributed by atoms with Crippen molar-refractivity contribution in [2.75, 3.05) is 12.4 Å². The highest BCUT2D eigenvalue weighted by molar-refractivity contribution is 6.05. The number of aryl methyl sites for hydroxylation is 1. The second-order valence-electron chi connectivity index (χ2n) is 8.26. The van der Waals surface area contributed by atoms with Gasteiger partial charge in [-0.2, -0.15) is 5.10 Å². The number of carbonyl (C=O) groups excluding carboxylic acids is 3. The van der Waals surface area contributed by atoms with E-state index in [-0.39, 0.29) is 5.91 Å². The first kappa shape index (κ1) is 25.8. The van der Waals surface area contributed by atoms with Gasteiger partial charge in [0.15, 0.2) is 0 Å². The zero-order valence-corrected chi connectivity index (χ0v) is 20.8. The number of hydrogen-bond donors (Lipinski definition) is 2. The van der Waals surface area contributed by atoms with E-state index in [4.69, 9.17) is 9.47 Å². The van der Waals surface area contributed by atoms with Gasteiger partial charge in [0, 0.05) is 22.4 Å². The maximum Gasteiger partial charge on any atom is 0.343 e. The fraction of sp³-hybridized carbons (Fsp3) is 0.0667. The molecule has 0 aliphatic carbocycles. The van der Waals surface area contributed by atoms with Crippen LogP contribution in [0.1, 0.15) is 42.2 Å². The first-order chi connectivity index (χ1) is 18.4. The van der Waals surface area contributed by atoms with Gasteiger partial charge in [0.25, 0.3) is 11.8 Å². The first-order valence-corrected chi connectivity index (χ1v) is 11.7.